The van der Waals surface area contributed by atoms with Gasteiger partial charge < -0.3 is 5.32 Å². The molecule has 1 unspecified atom stereocenters. The topological polar surface area (TPSA) is 12.0 Å². The molecule has 0 aliphatic rings. The van der Waals surface area contributed by atoms with Crippen LogP contribution in [-0.2, 0) is 5.54 Å². The van der Waals surface area contributed by atoms with Crippen LogP contribution in [0.4, 0.5) is 0 Å². The van der Waals surface area contributed by atoms with Crippen LogP contribution in [0.15, 0.2) is 53.0 Å². The van der Waals surface area contributed by atoms with Crippen molar-refractivity contribution in [2.45, 2.75) is 32.4 Å². The summed E-state index contributed by atoms with van der Waals surface area (Å²) in [6.07, 6.45) is 0. The second-order valence-corrected chi connectivity index (χ2v) is 7.71. The van der Waals surface area contributed by atoms with Crippen LogP contribution in [0.5, 0.6) is 0 Å². The first kappa shape index (κ1) is 16.0. The minimum absolute atomic E-state index is 0.0664. The lowest BCUT2D eigenvalue weighted by atomic mass is 9.92. The Bertz CT molecular complexity index is 561. The fraction of sp³-hybridized carbons (Fsp3) is 0.294. The van der Waals surface area contributed by atoms with Crippen molar-refractivity contribution >= 4 is 38.5 Å². The van der Waals surface area contributed by atoms with Crippen molar-refractivity contribution < 1.29 is 0 Å². The first-order valence-corrected chi connectivity index (χ1v) is 8.55. The maximum absolute atomic E-state index is 3.71. The third-order valence-corrected chi connectivity index (χ3v) is 4.76. The molecule has 20 heavy (non-hydrogen) atoms. The van der Waals surface area contributed by atoms with E-state index in [1.165, 1.54) is 14.7 Å². The van der Waals surface area contributed by atoms with E-state index in [0.717, 1.165) is 4.47 Å². The van der Waals surface area contributed by atoms with Crippen molar-refractivity contribution in [1.29, 1.82) is 0 Å². The number of benzene rings is 2. The van der Waals surface area contributed by atoms with Gasteiger partial charge >= 0.3 is 0 Å². The summed E-state index contributed by atoms with van der Waals surface area (Å²) in [5.74, 6) is 0. The van der Waals surface area contributed by atoms with Gasteiger partial charge in [-0.05, 0) is 78.8 Å². The van der Waals surface area contributed by atoms with E-state index in [0.29, 0.717) is 6.04 Å². The smallest absolute Gasteiger partial charge is 0.0382 e. The van der Waals surface area contributed by atoms with E-state index in [1.807, 2.05) is 0 Å². The third-order valence-electron chi connectivity index (χ3n) is 3.51. The summed E-state index contributed by atoms with van der Waals surface area (Å²) in [6, 6.07) is 17.5. The number of hydrogen-bond acceptors (Lipinski definition) is 1. The van der Waals surface area contributed by atoms with Crippen LogP contribution < -0.4 is 5.32 Å². The van der Waals surface area contributed by atoms with Gasteiger partial charge in [0, 0.05) is 19.6 Å². The van der Waals surface area contributed by atoms with Gasteiger partial charge in [-0.15, -0.1) is 0 Å². The summed E-state index contributed by atoms with van der Waals surface area (Å²) in [7, 11) is 0. The molecule has 0 radical (unpaired) electrons. The van der Waals surface area contributed by atoms with E-state index < -0.39 is 0 Å². The van der Waals surface area contributed by atoms with Crippen LogP contribution in [0.2, 0.25) is 0 Å². The fourth-order valence-corrected chi connectivity index (χ4v) is 2.95. The van der Waals surface area contributed by atoms with Gasteiger partial charge in [-0.1, -0.05) is 40.2 Å². The van der Waals surface area contributed by atoms with Gasteiger partial charge in [0.2, 0.25) is 0 Å². The minimum Gasteiger partial charge on any atom is -0.301 e. The van der Waals surface area contributed by atoms with E-state index in [9.17, 15) is 0 Å². The van der Waals surface area contributed by atoms with Crippen molar-refractivity contribution in [2.75, 3.05) is 0 Å². The lowest BCUT2D eigenvalue weighted by molar-refractivity contribution is 0.357. The molecule has 106 valence electrons. The highest BCUT2D eigenvalue weighted by atomic mass is 127. The van der Waals surface area contributed by atoms with Crippen molar-refractivity contribution in [3.05, 3.63) is 67.7 Å². The second kappa shape index (κ2) is 6.58. The molecule has 0 saturated carbocycles. The molecule has 0 saturated heterocycles. The van der Waals surface area contributed by atoms with Gasteiger partial charge in [0.15, 0.2) is 0 Å². The van der Waals surface area contributed by atoms with Crippen molar-refractivity contribution in [2.24, 2.45) is 0 Å². The van der Waals surface area contributed by atoms with E-state index in [1.54, 1.807) is 0 Å². The average molecular weight is 444 g/mol. The van der Waals surface area contributed by atoms with Crippen LogP contribution in [0.25, 0.3) is 0 Å². The van der Waals surface area contributed by atoms with Gasteiger partial charge in [-0.25, -0.2) is 0 Å². The Kier molecular flexibility index (Phi) is 5.26. The highest BCUT2D eigenvalue weighted by Crippen LogP contribution is 2.26. The Morgan fingerprint density at radius 2 is 1.55 bits per heavy atom. The largest absolute Gasteiger partial charge is 0.301 e. The molecule has 0 aromatic heterocycles. The highest BCUT2D eigenvalue weighted by molar-refractivity contribution is 14.1. The second-order valence-electron chi connectivity index (χ2n) is 5.55. The first-order chi connectivity index (χ1) is 9.38. The lowest BCUT2D eigenvalue weighted by Gasteiger charge is -2.31. The van der Waals surface area contributed by atoms with Crippen molar-refractivity contribution in [1.82, 2.24) is 5.32 Å². The zero-order chi connectivity index (χ0) is 14.8. The van der Waals surface area contributed by atoms with Gasteiger partial charge in [0.25, 0.3) is 0 Å². The summed E-state index contributed by atoms with van der Waals surface area (Å²) in [6.45, 7) is 6.65. The van der Waals surface area contributed by atoms with Gasteiger partial charge in [0.1, 0.15) is 0 Å². The highest BCUT2D eigenvalue weighted by Gasteiger charge is 2.22. The lowest BCUT2D eigenvalue weighted by Crippen LogP contribution is -2.38. The van der Waals surface area contributed by atoms with Crippen molar-refractivity contribution in [3.63, 3.8) is 0 Å². The number of rotatable bonds is 4. The molecular weight excluding hydrogens is 425 g/mol. The molecule has 3 heteroatoms. The molecule has 0 spiro atoms. The summed E-state index contributed by atoms with van der Waals surface area (Å²) >= 11 is 5.82. The molecule has 0 amide bonds. The van der Waals surface area contributed by atoms with E-state index in [2.05, 4.69) is 113 Å². The molecule has 1 atom stereocenters. The van der Waals surface area contributed by atoms with Crippen LogP contribution in [0, 0.1) is 3.57 Å². The zero-order valence-electron chi connectivity index (χ0n) is 12.0. The summed E-state index contributed by atoms with van der Waals surface area (Å²) in [5.41, 5.74) is 2.54. The summed E-state index contributed by atoms with van der Waals surface area (Å²) in [4.78, 5) is 0. The Labute approximate surface area is 143 Å². The SMILES string of the molecule is CC(NC(C)(C)c1ccc(Br)cc1)c1ccc(I)cc1. The Hall–Kier alpha value is -0.390. The van der Waals surface area contributed by atoms with E-state index in [4.69, 9.17) is 0 Å². The molecular formula is C17H19BrIN. The Balaban J connectivity index is 2.14. The number of halogens is 2. The van der Waals surface area contributed by atoms with E-state index in [-0.39, 0.29) is 5.54 Å². The average Bonchev–Trinajstić information content (AvgIpc) is 2.39. The molecule has 2 aromatic carbocycles. The molecule has 2 aromatic rings. The monoisotopic (exact) mass is 443 g/mol. The standard InChI is InChI=1S/C17H19BrIN/c1-12(13-4-10-16(19)11-5-13)20-17(2,3)14-6-8-15(18)9-7-14/h4-12,20H,1-3H3. The quantitative estimate of drug-likeness (QED) is 0.603. The third kappa shape index (κ3) is 4.06. The minimum atomic E-state index is -0.0664. The van der Waals surface area contributed by atoms with Crippen molar-refractivity contribution in [3.8, 4) is 0 Å². The molecule has 1 N–H and O–H groups in total. The number of hydrogen-bond donors (Lipinski definition) is 1. The molecule has 0 aliphatic carbocycles. The molecule has 2 rings (SSSR count). The summed E-state index contributed by atoms with van der Waals surface area (Å²) in [5, 5.41) is 3.71. The van der Waals surface area contributed by atoms with Gasteiger partial charge in [0.05, 0.1) is 0 Å². The summed E-state index contributed by atoms with van der Waals surface area (Å²) < 4.78 is 2.38. The molecule has 0 aliphatic heterocycles. The predicted octanol–water partition coefficient (Wildman–Crippen LogP) is 5.64. The normalized spacial score (nSPS) is 13.2. The van der Waals surface area contributed by atoms with Crippen LogP contribution in [-0.4, -0.2) is 0 Å². The van der Waals surface area contributed by atoms with E-state index >= 15 is 0 Å². The van der Waals surface area contributed by atoms with Crippen LogP contribution in [0.1, 0.15) is 37.9 Å². The Morgan fingerprint density at radius 1 is 1.00 bits per heavy atom. The Morgan fingerprint density at radius 3 is 2.10 bits per heavy atom. The molecule has 1 nitrogen and oxygen atoms in total. The predicted molar refractivity (Wildman–Crippen MR) is 97.9 cm³/mol. The first-order valence-electron chi connectivity index (χ1n) is 6.68. The van der Waals surface area contributed by atoms with Gasteiger partial charge in [-0.3, -0.25) is 0 Å². The van der Waals surface area contributed by atoms with Crippen LogP contribution >= 0.6 is 38.5 Å². The maximum Gasteiger partial charge on any atom is 0.0382 e. The molecule has 0 fully saturated rings. The molecule has 0 heterocycles. The zero-order valence-corrected chi connectivity index (χ0v) is 15.7. The van der Waals surface area contributed by atoms with Gasteiger partial charge in [-0.2, -0.15) is 0 Å². The van der Waals surface area contributed by atoms with Crippen LogP contribution in [0.3, 0.4) is 0 Å². The molecule has 0 bridgehead atoms. The maximum atomic E-state index is 3.71. The fourth-order valence-electron chi connectivity index (χ4n) is 2.33. The number of nitrogens with one attached hydrogen (secondary N) is 1.